The van der Waals surface area contributed by atoms with Crippen molar-refractivity contribution in [2.24, 2.45) is 5.41 Å². The minimum Gasteiger partial charge on any atom is -0.480 e. The Hall–Kier alpha value is -1.30. The molecule has 0 aromatic rings. The fourth-order valence-electron chi connectivity index (χ4n) is 3.45. The van der Waals surface area contributed by atoms with Crippen molar-refractivity contribution in [3.8, 4) is 0 Å². The summed E-state index contributed by atoms with van der Waals surface area (Å²) >= 11 is 0. The first-order valence-corrected chi connectivity index (χ1v) is 7.74. The standard InChI is InChI=1S/C15H26N2O4/c1-10(11-6-4-9-21-11)16-14(20)17-8-5-7-15(2,3)12(17)13(18)19/h10-12H,4-9H2,1-3H3,(H,16,20)(H,18,19). The summed E-state index contributed by atoms with van der Waals surface area (Å²) in [4.78, 5) is 25.5. The van der Waals surface area contributed by atoms with Gasteiger partial charge in [-0.2, -0.15) is 0 Å². The zero-order chi connectivity index (χ0) is 15.6. The predicted octanol–water partition coefficient (Wildman–Crippen LogP) is 1.84. The molecular weight excluding hydrogens is 272 g/mol. The van der Waals surface area contributed by atoms with E-state index in [1.54, 1.807) is 0 Å². The molecule has 2 aliphatic heterocycles. The molecule has 120 valence electrons. The highest BCUT2D eigenvalue weighted by Gasteiger charge is 2.45. The number of hydrogen-bond acceptors (Lipinski definition) is 3. The van der Waals surface area contributed by atoms with Crippen LogP contribution in [-0.4, -0.2) is 53.3 Å². The van der Waals surface area contributed by atoms with Gasteiger partial charge in [-0.1, -0.05) is 13.8 Å². The van der Waals surface area contributed by atoms with Crippen molar-refractivity contribution in [2.75, 3.05) is 13.2 Å². The number of urea groups is 1. The lowest BCUT2D eigenvalue weighted by Gasteiger charge is -2.44. The summed E-state index contributed by atoms with van der Waals surface area (Å²) in [5, 5.41) is 12.4. The number of carboxylic acid groups (broad SMARTS) is 1. The summed E-state index contributed by atoms with van der Waals surface area (Å²) in [6.45, 7) is 6.96. The second-order valence-corrected chi connectivity index (χ2v) is 6.82. The lowest BCUT2D eigenvalue weighted by atomic mass is 9.76. The summed E-state index contributed by atoms with van der Waals surface area (Å²) in [5.41, 5.74) is -0.408. The van der Waals surface area contributed by atoms with Crippen LogP contribution in [-0.2, 0) is 9.53 Å². The van der Waals surface area contributed by atoms with E-state index in [0.29, 0.717) is 6.54 Å². The molecule has 0 aliphatic carbocycles. The molecule has 2 N–H and O–H groups in total. The van der Waals surface area contributed by atoms with E-state index in [9.17, 15) is 14.7 Å². The molecule has 0 radical (unpaired) electrons. The third kappa shape index (κ3) is 3.48. The number of carboxylic acids is 1. The van der Waals surface area contributed by atoms with E-state index in [-0.39, 0.29) is 18.2 Å². The normalized spacial score (nSPS) is 30.0. The molecule has 3 unspecified atom stereocenters. The van der Waals surface area contributed by atoms with Crippen LogP contribution in [0.4, 0.5) is 4.79 Å². The molecule has 0 spiro atoms. The van der Waals surface area contributed by atoms with E-state index < -0.39 is 17.4 Å². The number of carbonyl (C=O) groups is 2. The van der Waals surface area contributed by atoms with E-state index in [0.717, 1.165) is 32.3 Å². The molecule has 6 nitrogen and oxygen atoms in total. The average molecular weight is 298 g/mol. The molecule has 0 aromatic carbocycles. The number of aliphatic carboxylic acids is 1. The van der Waals surface area contributed by atoms with Gasteiger partial charge in [-0.25, -0.2) is 9.59 Å². The number of piperidine rings is 1. The topological polar surface area (TPSA) is 78.9 Å². The second kappa shape index (κ2) is 6.22. The summed E-state index contributed by atoms with van der Waals surface area (Å²) in [6, 6.07) is -1.17. The lowest BCUT2D eigenvalue weighted by molar-refractivity contribution is -0.148. The van der Waals surface area contributed by atoms with Gasteiger partial charge in [-0.3, -0.25) is 0 Å². The van der Waals surface area contributed by atoms with Crippen LogP contribution in [0, 0.1) is 5.41 Å². The molecule has 2 saturated heterocycles. The maximum atomic E-state index is 12.5. The van der Waals surface area contributed by atoms with Gasteiger partial charge in [0.2, 0.25) is 0 Å². The molecular formula is C15H26N2O4. The Kier molecular flexibility index (Phi) is 4.76. The molecule has 2 rings (SSSR count). The average Bonchev–Trinajstić information content (AvgIpc) is 2.90. The highest BCUT2D eigenvalue weighted by molar-refractivity contribution is 5.83. The molecule has 3 atom stereocenters. The van der Waals surface area contributed by atoms with E-state index in [4.69, 9.17) is 4.74 Å². The smallest absolute Gasteiger partial charge is 0.327 e. The van der Waals surface area contributed by atoms with Gasteiger partial charge in [0.25, 0.3) is 0 Å². The Balaban J connectivity index is 2.03. The zero-order valence-electron chi connectivity index (χ0n) is 13.1. The number of likely N-dealkylation sites (tertiary alicyclic amines) is 1. The van der Waals surface area contributed by atoms with E-state index >= 15 is 0 Å². The largest absolute Gasteiger partial charge is 0.480 e. The van der Waals surface area contributed by atoms with Gasteiger partial charge < -0.3 is 20.1 Å². The van der Waals surface area contributed by atoms with Crippen molar-refractivity contribution in [2.45, 2.75) is 64.6 Å². The van der Waals surface area contributed by atoms with Crippen LogP contribution in [0.1, 0.15) is 46.5 Å². The molecule has 2 aliphatic rings. The number of hydrogen-bond donors (Lipinski definition) is 2. The fraction of sp³-hybridized carbons (Fsp3) is 0.867. The van der Waals surface area contributed by atoms with Crippen molar-refractivity contribution in [3.63, 3.8) is 0 Å². The van der Waals surface area contributed by atoms with Crippen molar-refractivity contribution in [3.05, 3.63) is 0 Å². The summed E-state index contributed by atoms with van der Waals surface area (Å²) in [6.07, 6.45) is 3.64. The molecule has 2 fully saturated rings. The minimum absolute atomic E-state index is 0.0371. The van der Waals surface area contributed by atoms with Gasteiger partial charge in [-0.15, -0.1) is 0 Å². The van der Waals surface area contributed by atoms with E-state index in [1.165, 1.54) is 4.90 Å². The fourth-order valence-corrected chi connectivity index (χ4v) is 3.45. The minimum atomic E-state index is -0.931. The van der Waals surface area contributed by atoms with Crippen LogP contribution in [0.5, 0.6) is 0 Å². The highest BCUT2D eigenvalue weighted by Crippen LogP contribution is 2.35. The summed E-state index contributed by atoms with van der Waals surface area (Å²) < 4.78 is 5.57. The van der Waals surface area contributed by atoms with E-state index in [2.05, 4.69) is 5.32 Å². The Morgan fingerprint density at radius 3 is 2.67 bits per heavy atom. The molecule has 0 aromatic heterocycles. The van der Waals surface area contributed by atoms with Gasteiger partial charge in [0.05, 0.1) is 12.1 Å². The van der Waals surface area contributed by atoms with Crippen LogP contribution in [0.15, 0.2) is 0 Å². The second-order valence-electron chi connectivity index (χ2n) is 6.82. The van der Waals surface area contributed by atoms with Crippen LogP contribution in [0.2, 0.25) is 0 Å². The molecule has 21 heavy (non-hydrogen) atoms. The number of amides is 2. The van der Waals surface area contributed by atoms with Crippen molar-refractivity contribution >= 4 is 12.0 Å². The van der Waals surface area contributed by atoms with Gasteiger partial charge >= 0.3 is 12.0 Å². The molecule has 0 saturated carbocycles. The maximum absolute atomic E-state index is 12.5. The molecule has 6 heteroatoms. The highest BCUT2D eigenvalue weighted by atomic mass is 16.5. The van der Waals surface area contributed by atoms with Crippen molar-refractivity contribution in [1.29, 1.82) is 0 Å². The molecule has 2 amide bonds. The van der Waals surface area contributed by atoms with Crippen molar-refractivity contribution < 1.29 is 19.4 Å². The van der Waals surface area contributed by atoms with Crippen LogP contribution >= 0.6 is 0 Å². The number of ether oxygens (including phenoxy) is 1. The third-order valence-corrected chi connectivity index (χ3v) is 4.64. The van der Waals surface area contributed by atoms with E-state index in [1.807, 2.05) is 20.8 Å². The predicted molar refractivity (Wildman–Crippen MR) is 78.1 cm³/mol. The number of nitrogens with one attached hydrogen (secondary N) is 1. The Bertz CT molecular complexity index is 404. The van der Waals surface area contributed by atoms with Crippen LogP contribution < -0.4 is 5.32 Å². The van der Waals surface area contributed by atoms with Gasteiger partial charge in [-0.05, 0) is 38.0 Å². The maximum Gasteiger partial charge on any atom is 0.327 e. The monoisotopic (exact) mass is 298 g/mol. The summed E-state index contributed by atoms with van der Waals surface area (Å²) in [7, 11) is 0. The molecule has 0 bridgehead atoms. The number of carbonyl (C=O) groups excluding carboxylic acids is 1. The first-order valence-electron chi connectivity index (χ1n) is 7.74. The first-order chi connectivity index (χ1) is 9.83. The van der Waals surface area contributed by atoms with Gasteiger partial charge in [0.1, 0.15) is 6.04 Å². The zero-order valence-corrected chi connectivity index (χ0v) is 13.1. The Labute approximate surface area is 125 Å². The first kappa shape index (κ1) is 16.1. The Morgan fingerprint density at radius 2 is 2.10 bits per heavy atom. The van der Waals surface area contributed by atoms with Crippen molar-refractivity contribution in [1.82, 2.24) is 10.2 Å². The quantitative estimate of drug-likeness (QED) is 0.833. The lowest BCUT2D eigenvalue weighted by Crippen LogP contribution is -2.60. The summed E-state index contributed by atoms with van der Waals surface area (Å²) in [5.74, 6) is -0.931. The van der Waals surface area contributed by atoms with Crippen LogP contribution in [0.3, 0.4) is 0 Å². The van der Waals surface area contributed by atoms with Crippen LogP contribution in [0.25, 0.3) is 0 Å². The number of nitrogens with zero attached hydrogens (tertiary/aromatic N) is 1. The van der Waals surface area contributed by atoms with Gasteiger partial charge in [0.15, 0.2) is 0 Å². The Morgan fingerprint density at radius 1 is 1.38 bits per heavy atom. The number of rotatable bonds is 3. The SMILES string of the molecule is CC(NC(=O)N1CCCC(C)(C)C1C(=O)O)C1CCCO1. The van der Waals surface area contributed by atoms with Gasteiger partial charge in [0, 0.05) is 13.2 Å². The molecule has 2 heterocycles. The third-order valence-electron chi connectivity index (χ3n) is 4.64.